The van der Waals surface area contributed by atoms with Crippen molar-refractivity contribution in [2.24, 2.45) is 0 Å². The van der Waals surface area contributed by atoms with Gasteiger partial charge in [-0.2, -0.15) is 9.78 Å². The van der Waals surface area contributed by atoms with Crippen molar-refractivity contribution in [2.75, 3.05) is 25.8 Å². The summed E-state index contributed by atoms with van der Waals surface area (Å²) < 4.78 is 24.2. The number of para-hydroxylation sites is 2. The van der Waals surface area contributed by atoms with Crippen molar-refractivity contribution in [3.63, 3.8) is 0 Å². The number of nitrogens with zero attached hydrogens (tertiary/aromatic N) is 3. The lowest BCUT2D eigenvalue weighted by Crippen LogP contribution is -2.22. The van der Waals surface area contributed by atoms with Gasteiger partial charge in [-0.05, 0) is 19.1 Å². The molecule has 1 aliphatic rings. The predicted molar refractivity (Wildman–Crippen MR) is 115 cm³/mol. The van der Waals surface area contributed by atoms with Crippen LogP contribution in [0.4, 0.5) is 5.82 Å². The highest BCUT2D eigenvalue weighted by Gasteiger charge is 2.19. The Morgan fingerprint density at radius 3 is 2.77 bits per heavy atom. The topological polar surface area (TPSA) is 96.7 Å². The van der Waals surface area contributed by atoms with E-state index in [1.54, 1.807) is 30.0 Å². The van der Waals surface area contributed by atoms with E-state index in [1.807, 2.05) is 31.2 Å². The molecule has 3 heterocycles. The Hall–Kier alpha value is -3.79. The van der Waals surface area contributed by atoms with Gasteiger partial charge in [-0.15, -0.1) is 0 Å². The number of nitrogens with one attached hydrogen (secondary N) is 1. The summed E-state index contributed by atoms with van der Waals surface area (Å²) in [6, 6.07) is 12.7. The summed E-state index contributed by atoms with van der Waals surface area (Å²) in [5.41, 5.74) is 1.52. The Labute approximate surface area is 181 Å². The summed E-state index contributed by atoms with van der Waals surface area (Å²) in [6.45, 7) is 1.89. The van der Waals surface area contributed by atoms with Crippen LogP contribution in [0.25, 0.3) is 15.3 Å². The first-order valence-corrected chi connectivity index (χ1v) is 10.3. The normalized spacial score (nSPS) is 12.2. The van der Waals surface area contributed by atoms with E-state index in [1.165, 1.54) is 11.3 Å². The fourth-order valence-corrected chi connectivity index (χ4v) is 4.13. The number of methoxy groups -OCH3 is 1. The molecular formula is C21H18N4O5S. The van der Waals surface area contributed by atoms with Crippen LogP contribution in [-0.2, 0) is 4.79 Å². The molecule has 0 saturated carbocycles. The molecule has 0 bridgehead atoms. The van der Waals surface area contributed by atoms with Gasteiger partial charge in [-0.1, -0.05) is 23.5 Å². The highest BCUT2D eigenvalue weighted by molar-refractivity contribution is 7.20. The van der Waals surface area contributed by atoms with Crippen LogP contribution in [-0.4, -0.2) is 41.2 Å². The maximum Gasteiger partial charge on any atom is 0.263 e. The van der Waals surface area contributed by atoms with E-state index in [4.69, 9.17) is 18.9 Å². The van der Waals surface area contributed by atoms with Crippen molar-refractivity contribution in [1.29, 1.82) is 0 Å². The average molecular weight is 438 g/mol. The van der Waals surface area contributed by atoms with E-state index < -0.39 is 0 Å². The number of amides is 1. The molecule has 2 aromatic carbocycles. The molecule has 1 amide bonds. The second-order valence-electron chi connectivity index (χ2n) is 6.74. The number of hydrogen-bond donors (Lipinski definition) is 1. The lowest BCUT2D eigenvalue weighted by molar-refractivity contribution is -0.118. The molecule has 0 atom stereocenters. The van der Waals surface area contributed by atoms with Crippen LogP contribution in [0, 0.1) is 6.92 Å². The summed E-state index contributed by atoms with van der Waals surface area (Å²) in [4.78, 5) is 17.2. The van der Waals surface area contributed by atoms with Gasteiger partial charge in [-0.25, -0.2) is 4.98 Å². The fraction of sp³-hybridized carbons (Fsp3) is 0.190. The molecule has 10 heteroatoms. The van der Waals surface area contributed by atoms with Crippen LogP contribution >= 0.6 is 11.3 Å². The van der Waals surface area contributed by atoms with Crippen molar-refractivity contribution >= 4 is 33.3 Å². The zero-order valence-electron chi connectivity index (χ0n) is 16.7. The van der Waals surface area contributed by atoms with Crippen LogP contribution in [0.3, 0.4) is 0 Å². The number of carbonyl (C=O) groups excluding carboxylic acids is 1. The van der Waals surface area contributed by atoms with Crippen molar-refractivity contribution in [3.8, 4) is 28.1 Å². The Kier molecular flexibility index (Phi) is 4.83. The Morgan fingerprint density at radius 2 is 1.97 bits per heavy atom. The standard InChI is InChI=1S/C21H18N4O5S/c1-12-7-19(23-20(26)10-28-15-6-4-3-5-14(15)27-2)25(24-12)21-22-13-8-16-17(30-11-29-16)9-18(13)31-21/h3-9H,10-11H2,1-2H3,(H,23,26). The molecule has 2 aromatic heterocycles. The summed E-state index contributed by atoms with van der Waals surface area (Å²) in [5, 5.41) is 7.94. The van der Waals surface area contributed by atoms with Gasteiger partial charge < -0.3 is 24.3 Å². The van der Waals surface area contributed by atoms with Crippen molar-refractivity contribution in [1.82, 2.24) is 14.8 Å². The number of carbonyl (C=O) groups is 1. The number of benzene rings is 2. The number of hydrogen-bond acceptors (Lipinski definition) is 8. The van der Waals surface area contributed by atoms with E-state index in [2.05, 4.69) is 15.4 Å². The van der Waals surface area contributed by atoms with Gasteiger partial charge in [0, 0.05) is 18.2 Å². The van der Waals surface area contributed by atoms with Crippen molar-refractivity contribution in [3.05, 3.63) is 48.2 Å². The summed E-state index contributed by atoms with van der Waals surface area (Å²) in [7, 11) is 1.55. The van der Waals surface area contributed by atoms with Gasteiger partial charge in [0.25, 0.3) is 5.91 Å². The zero-order valence-corrected chi connectivity index (χ0v) is 17.6. The molecule has 158 valence electrons. The number of fused-ring (bicyclic) bond motifs is 2. The van der Waals surface area contributed by atoms with Gasteiger partial charge in [0.15, 0.2) is 29.6 Å². The minimum Gasteiger partial charge on any atom is -0.493 e. The molecule has 0 spiro atoms. The second-order valence-corrected chi connectivity index (χ2v) is 7.75. The Bertz CT molecular complexity index is 1240. The molecular weight excluding hydrogens is 420 g/mol. The maximum absolute atomic E-state index is 12.5. The molecule has 0 radical (unpaired) electrons. The van der Waals surface area contributed by atoms with E-state index in [9.17, 15) is 4.79 Å². The van der Waals surface area contributed by atoms with Gasteiger partial charge >= 0.3 is 0 Å². The second kappa shape index (κ2) is 7.80. The van der Waals surface area contributed by atoms with Crippen LogP contribution in [0.2, 0.25) is 0 Å². The number of ether oxygens (including phenoxy) is 4. The van der Waals surface area contributed by atoms with Gasteiger partial charge in [0.2, 0.25) is 11.9 Å². The minimum atomic E-state index is -0.325. The lowest BCUT2D eigenvalue weighted by atomic mass is 10.3. The third-order valence-electron chi connectivity index (χ3n) is 4.58. The molecule has 1 N–H and O–H groups in total. The average Bonchev–Trinajstić information content (AvgIpc) is 3.48. The summed E-state index contributed by atoms with van der Waals surface area (Å²) >= 11 is 1.44. The maximum atomic E-state index is 12.5. The quantitative estimate of drug-likeness (QED) is 0.492. The van der Waals surface area contributed by atoms with E-state index in [0.29, 0.717) is 33.9 Å². The van der Waals surface area contributed by atoms with Crippen LogP contribution in [0.1, 0.15) is 5.69 Å². The Balaban J connectivity index is 1.36. The first kappa shape index (κ1) is 19.2. The van der Waals surface area contributed by atoms with Gasteiger partial charge in [0.1, 0.15) is 5.82 Å². The minimum absolute atomic E-state index is 0.175. The molecule has 0 unspecified atom stereocenters. The first-order chi connectivity index (χ1) is 15.1. The molecule has 0 saturated heterocycles. The van der Waals surface area contributed by atoms with E-state index >= 15 is 0 Å². The SMILES string of the molecule is COc1ccccc1OCC(=O)Nc1cc(C)nn1-c1nc2cc3c(cc2s1)OCO3. The first-order valence-electron chi connectivity index (χ1n) is 9.43. The molecule has 1 aliphatic heterocycles. The largest absolute Gasteiger partial charge is 0.493 e. The lowest BCUT2D eigenvalue weighted by Gasteiger charge is -2.10. The predicted octanol–water partition coefficient (Wildman–Crippen LogP) is 3.55. The van der Waals surface area contributed by atoms with E-state index in [-0.39, 0.29) is 19.3 Å². The van der Waals surface area contributed by atoms with Crippen LogP contribution in [0.15, 0.2) is 42.5 Å². The Morgan fingerprint density at radius 1 is 1.19 bits per heavy atom. The highest BCUT2D eigenvalue weighted by atomic mass is 32.1. The van der Waals surface area contributed by atoms with Crippen LogP contribution in [0.5, 0.6) is 23.0 Å². The number of rotatable bonds is 6. The number of anilines is 1. The number of aryl methyl sites for hydroxylation is 1. The van der Waals surface area contributed by atoms with Crippen molar-refractivity contribution in [2.45, 2.75) is 6.92 Å². The van der Waals surface area contributed by atoms with Crippen molar-refractivity contribution < 1.29 is 23.7 Å². The molecule has 9 nitrogen and oxygen atoms in total. The van der Waals surface area contributed by atoms with Gasteiger partial charge in [-0.3, -0.25) is 4.79 Å². The third kappa shape index (κ3) is 3.73. The smallest absolute Gasteiger partial charge is 0.263 e. The number of aromatic nitrogens is 3. The van der Waals surface area contributed by atoms with E-state index in [0.717, 1.165) is 15.9 Å². The molecule has 5 rings (SSSR count). The monoisotopic (exact) mass is 438 g/mol. The van der Waals surface area contributed by atoms with Gasteiger partial charge in [0.05, 0.1) is 23.0 Å². The molecule has 0 aliphatic carbocycles. The fourth-order valence-electron chi connectivity index (χ4n) is 3.19. The number of thiazole rings is 1. The molecule has 4 aromatic rings. The molecule has 0 fully saturated rings. The molecule has 31 heavy (non-hydrogen) atoms. The summed E-state index contributed by atoms with van der Waals surface area (Å²) in [6.07, 6.45) is 0. The zero-order chi connectivity index (χ0) is 21.4. The third-order valence-corrected chi connectivity index (χ3v) is 5.57. The highest BCUT2D eigenvalue weighted by Crippen LogP contribution is 2.39. The van der Waals surface area contributed by atoms with Crippen LogP contribution < -0.4 is 24.3 Å². The summed E-state index contributed by atoms with van der Waals surface area (Å²) in [5.74, 6) is 2.60.